The third kappa shape index (κ3) is 3.55. The van der Waals surface area contributed by atoms with Gasteiger partial charge in [0.15, 0.2) is 0 Å². The molecule has 1 aromatic carbocycles. The van der Waals surface area contributed by atoms with Crippen molar-refractivity contribution in [3.8, 4) is 0 Å². The number of anilines is 1. The number of amides is 1. The zero-order valence-corrected chi connectivity index (χ0v) is 10.8. The Bertz CT molecular complexity index is 385. The lowest BCUT2D eigenvalue weighted by atomic mass is 10.3. The second-order valence-electron chi connectivity index (χ2n) is 2.87. The molecule has 3 nitrogen and oxygen atoms in total. The highest BCUT2D eigenvalue weighted by Gasteiger charge is 2.07. The van der Waals surface area contributed by atoms with Crippen molar-refractivity contribution in [1.29, 1.82) is 0 Å². The van der Waals surface area contributed by atoms with E-state index in [2.05, 4.69) is 21.2 Å². The van der Waals surface area contributed by atoms with Crippen molar-refractivity contribution in [2.24, 2.45) is 5.73 Å². The van der Waals surface area contributed by atoms with Crippen LogP contribution in [0.25, 0.3) is 0 Å². The maximum atomic E-state index is 10.5. The van der Waals surface area contributed by atoms with Crippen LogP contribution >= 0.6 is 39.1 Å². The zero-order valence-electron chi connectivity index (χ0n) is 7.69. The van der Waals surface area contributed by atoms with Gasteiger partial charge < -0.3 is 11.1 Å². The SMILES string of the molecule is NC(=O)CCNc1ccc(Br)c(Cl)c1Cl. The summed E-state index contributed by atoms with van der Waals surface area (Å²) in [6, 6.07) is 3.56. The van der Waals surface area contributed by atoms with Crippen LogP contribution in [0.4, 0.5) is 5.69 Å². The lowest BCUT2D eigenvalue weighted by Crippen LogP contribution is -2.15. The molecule has 0 saturated heterocycles. The molecule has 0 heterocycles. The lowest BCUT2D eigenvalue weighted by molar-refractivity contribution is -0.117. The van der Waals surface area contributed by atoms with Crippen LogP contribution in [0, 0.1) is 0 Å². The van der Waals surface area contributed by atoms with Crippen molar-refractivity contribution in [3.05, 3.63) is 26.7 Å². The Morgan fingerprint density at radius 1 is 1.40 bits per heavy atom. The van der Waals surface area contributed by atoms with Gasteiger partial charge in [0.25, 0.3) is 0 Å². The summed E-state index contributed by atoms with van der Waals surface area (Å²) in [5.74, 6) is -0.359. The predicted molar refractivity (Wildman–Crippen MR) is 66.5 cm³/mol. The first-order valence-electron chi connectivity index (χ1n) is 4.18. The Balaban J connectivity index is 2.70. The number of carbonyl (C=O) groups is 1. The molecule has 6 heteroatoms. The van der Waals surface area contributed by atoms with Gasteiger partial charge in [0.05, 0.1) is 15.7 Å². The number of nitrogens with one attached hydrogen (secondary N) is 1. The summed E-state index contributed by atoms with van der Waals surface area (Å²) in [6.07, 6.45) is 0.254. The van der Waals surface area contributed by atoms with Gasteiger partial charge in [0, 0.05) is 17.4 Å². The molecular weight excluding hydrogens is 303 g/mol. The van der Waals surface area contributed by atoms with Crippen LogP contribution in [0.3, 0.4) is 0 Å². The Morgan fingerprint density at radius 2 is 2.07 bits per heavy atom. The van der Waals surface area contributed by atoms with Crippen molar-refractivity contribution in [2.45, 2.75) is 6.42 Å². The van der Waals surface area contributed by atoms with Gasteiger partial charge in [-0.15, -0.1) is 0 Å². The average Bonchev–Trinajstić information content (AvgIpc) is 2.18. The Morgan fingerprint density at radius 3 is 2.67 bits per heavy atom. The number of carbonyl (C=O) groups excluding carboxylic acids is 1. The van der Waals surface area contributed by atoms with Gasteiger partial charge in [-0.2, -0.15) is 0 Å². The van der Waals surface area contributed by atoms with E-state index in [-0.39, 0.29) is 12.3 Å². The fraction of sp³-hybridized carbons (Fsp3) is 0.222. The summed E-state index contributed by atoms with van der Waals surface area (Å²) in [4.78, 5) is 10.5. The number of rotatable bonds is 4. The lowest BCUT2D eigenvalue weighted by Gasteiger charge is -2.09. The number of nitrogens with two attached hydrogens (primary N) is 1. The maximum Gasteiger partial charge on any atom is 0.219 e. The van der Waals surface area contributed by atoms with Crippen LogP contribution in [-0.4, -0.2) is 12.5 Å². The normalized spacial score (nSPS) is 10.1. The number of hydrogen-bond donors (Lipinski definition) is 2. The van der Waals surface area contributed by atoms with Crippen LogP contribution < -0.4 is 11.1 Å². The molecule has 1 rings (SSSR count). The van der Waals surface area contributed by atoms with Crippen LogP contribution in [0.15, 0.2) is 16.6 Å². The summed E-state index contributed by atoms with van der Waals surface area (Å²) >= 11 is 15.1. The fourth-order valence-corrected chi connectivity index (χ4v) is 1.82. The maximum absolute atomic E-state index is 10.5. The van der Waals surface area contributed by atoms with E-state index in [1.807, 2.05) is 0 Å². The van der Waals surface area contributed by atoms with Gasteiger partial charge in [-0.25, -0.2) is 0 Å². The van der Waals surface area contributed by atoms with E-state index in [0.29, 0.717) is 22.3 Å². The van der Waals surface area contributed by atoms with Crippen molar-refractivity contribution in [2.75, 3.05) is 11.9 Å². The molecular formula is C9H9BrCl2N2O. The highest BCUT2D eigenvalue weighted by Crippen LogP contribution is 2.35. The molecule has 0 unspecified atom stereocenters. The van der Waals surface area contributed by atoms with Crippen LogP contribution in [0.5, 0.6) is 0 Å². The molecule has 1 amide bonds. The quantitative estimate of drug-likeness (QED) is 0.840. The molecule has 0 aliphatic rings. The van der Waals surface area contributed by atoms with Gasteiger partial charge in [0.2, 0.25) is 5.91 Å². The molecule has 15 heavy (non-hydrogen) atoms. The minimum atomic E-state index is -0.359. The average molecular weight is 312 g/mol. The van der Waals surface area contributed by atoms with Gasteiger partial charge in [-0.1, -0.05) is 23.2 Å². The molecule has 0 aromatic heterocycles. The highest BCUT2D eigenvalue weighted by atomic mass is 79.9. The summed E-state index contributed by atoms with van der Waals surface area (Å²) in [6.45, 7) is 0.438. The van der Waals surface area contributed by atoms with E-state index in [4.69, 9.17) is 28.9 Å². The molecule has 0 bridgehead atoms. The first-order chi connectivity index (χ1) is 7.02. The standard InChI is InChI=1S/C9H9BrCl2N2O/c10-5-1-2-6(9(12)8(5)11)14-4-3-7(13)15/h1-2,14H,3-4H2,(H2,13,15). The second-order valence-corrected chi connectivity index (χ2v) is 4.48. The summed E-state index contributed by atoms with van der Waals surface area (Å²) in [7, 11) is 0. The Hall–Kier alpha value is -0.450. The van der Waals surface area contributed by atoms with Gasteiger partial charge in [0.1, 0.15) is 0 Å². The first kappa shape index (κ1) is 12.6. The number of hydrogen-bond acceptors (Lipinski definition) is 2. The Labute approximate surface area is 106 Å². The minimum Gasteiger partial charge on any atom is -0.383 e. The number of primary amides is 1. The third-order valence-corrected chi connectivity index (χ3v) is 3.49. The minimum absolute atomic E-state index is 0.254. The van der Waals surface area contributed by atoms with E-state index in [1.165, 1.54) is 0 Å². The van der Waals surface area contributed by atoms with E-state index in [9.17, 15) is 4.79 Å². The molecule has 82 valence electrons. The first-order valence-corrected chi connectivity index (χ1v) is 5.73. The highest BCUT2D eigenvalue weighted by molar-refractivity contribution is 9.10. The fourth-order valence-electron chi connectivity index (χ4n) is 0.983. The second kappa shape index (κ2) is 5.58. The summed E-state index contributed by atoms with van der Waals surface area (Å²) in [5, 5.41) is 3.85. The van der Waals surface area contributed by atoms with Crippen LogP contribution in [0.1, 0.15) is 6.42 Å². The van der Waals surface area contributed by atoms with E-state index < -0.39 is 0 Å². The molecule has 0 radical (unpaired) electrons. The van der Waals surface area contributed by atoms with E-state index >= 15 is 0 Å². The van der Waals surface area contributed by atoms with Crippen LogP contribution in [-0.2, 0) is 4.79 Å². The van der Waals surface area contributed by atoms with Gasteiger partial charge in [-0.05, 0) is 28.1 Å². The summed E-state index contributed by atoms with van der Waals surface area (Å²) in [5.41, 5.74) is 5.69. The number of halogens is 3. The molecule has 0 aliphatic carbocycles. The molecule has 3 N–H and O–H groups in total. The van der Waals surface area contributed by atoms with E-state index in [0.717, 1.165) is 4.47 Å². The molecule has 0 saturated carbocycles. The van der Waals surface area contributed by atoms with Crippen LogP contribution in [0.2, 0.25) is 10.0 Å². The monoisotopic (exact) mass is 310 g/mol. The number of benzene rings is 1. The summed E-state index contributed by atoms with van der Waals surface area (Å²) < 4.78 is 0.731. The van der Waals surface area contributed by atoms with Crippen molar-refractivity contribution < 1.29 is 4.79 Å². The zero-order chi connectivity index (χ0) is 11.4. The van der Waals surface area contributed by atoms with Crippen molar-refractivity contribution in [3.63, 3.8) is 0 Å². The van der Waals surface area contributed by atoms with E-state index in [1.54, 1.807) is 12.1 Å². The largest absolute Gasteiger partial charge is 0.383 e. The van der Waals surface area contributed by atoms with Crippen molar-refractivity contribution in [1.82, 2.24) is 0 Å². The molecule has 0 atom stereocenters. The van der Waals surface area contributed by atoms with Crippen molar-refractivity contribution >= 4 is 50.7 Å². The smallest absolute Gasteiger partial charge is 0.219 e. The van der Waals surface area contributed by atoms with Gasteiger partial charge >= 0.3 is 0 Å². The molecule has 1 aromatic rings. The molecule has 0 aliphatic heterocycles. The Kier molecular flexibility index (Phi) is 4.70. The molecule has 0 fully saturated rings. The molecule has 0 spiro atoms. The predicted octanol–water partition coefficient (Wildman–Crippen LogP) is 3.04. The van der Waals surface area contributed by atoms with Gasteiger partial charge in [-0.3, -0.25) is 4.79 Å². The third-order valence-electron chi connectivity index (χ3n) is 1.72. The topological polar surface area (TPSA) is 55.1 Å².